The molecule has 8 heteroatoms. The number of hydrogen-bond acceptors (Lipinski definition) is 4. The summed E-state index contributed by atoms with van der Waals surface area (Å²) in [5.41, 5.74) is 0.624. The third-order valence-corrected chi connectivity index (χ3v) is 9.62. The van der Waals surface area contributed by atoms with Gasteiger partial charge in [-0.1, -0.05) is 38.4 Å². The standard InChI is InChI=1S/C16H26ClFO4SSi/c1-16(2,3)24(5,6)22-15(9-10-21-23(4,19)20)12-7-8-13(17)14(18)11-12/h7-8,11,15H,9-10H2,1-6H3/t15-/m0/s1. The maximum absolute atomic E-state index is 13.8. The van der Waals surface area contributed by atoms with E-state index in [0.717, 1.165) is 6.26 Å². The van der Waals surface area contributed by atoms with Gasteiger partial charge in [-0.3, -0.25) is 4.18 Å². The summed E-state index contributed by atoms with van der Waals surface area (Å²) in [6.07, 6.45) is 0.846. The fourth-order valence-electron chi connectivity index (χ4n) is 1.85. The van der Waals surface area contributed by atoms with Crippen molar-refractivity contribution in [3.05, 3.63) is 34.6 Å². The Hall–Kier alpha value is -0.473. The van der Waals surface area contributed by atoms with E-state index in [9.17, 15) is 12.8 Å². The molecule has 0 spiro atoms. The van der Waals surface area contributed by atoms with Crippen LogP contribution in [0.4, 0.5) is 4.39 Å². The van der Waals surface area contributed by atoms with Gasteiger partial charge in [-0.15, -0.1) is 0 Å². The van der Waals surface area contributed by atoms with Crippen molar-refractivity contribution >= 4 is 30.0 Å². The molecule has 0 fully saturated rings. The van der Waals surface area contributed by atoms with Crippen LogP contribution in [0.5, 0.6) is 0 Å². The van der Waals surface area contributed by atoms with Gasteiger partial charge in [0.15, 0.2) is 8.32 Å². The maximum atomic E-state index is 13.8. The molecular formula is C16H26ClFO4SSi. The lowest BCUT2D eigenvalue weighted by Gasteiger charge is -2.39. The van der Waals surface area contributed by atoms with Crippen LogP contribution >= 0.6 is 11.6 Å². The van der Waals surface area contributed by atoms with E-state index >= 15 is 0 Å². The number of rotatable bonds is 7. The monoisotopic (exact) mass is 396 g/mol. The van der Waals surface area contributed by atoms with Gasteiger partial charge in [0, 0.05) is 6.42 Å². The first-order valence-electron chi connectivity index (χ1n) is 7.70. The topological polar surface area (TPSA) is 52.6 Å². The van der Waals surface area contributed by atoms with Gasteiger partial charge in [-0.2, -0.15) is 8.42 Å². The molecule has 1 rings (SSSR count). The lowest BCUT2D eigenvalue weighted by atomic mass is 10.1. The minimum Gasteiger partial charge on any atom is -0.410 e. The molecule has 0 aliphatic heterocycles. The molecule has 4 nitrogen and oxygen atoms in total. The highest BCUT2D eigenvalue weighted by Crippen LogP contribution is 2.40. The van der Waals surface area contributed by atoms with Crippen LogP contribution in [0, 0.1) is 5.82 Å². The molecule has 0 N–H and O–H groups in total. The van der Waals surface area contributed by atoms with Crippen molar-refractivity contribution in [2.75, 3.05) is 12.9 Å². The Morgan fingerprint density at radius 2 is 1.88 bits per heavy atom. The molecule has 0 unspecified atom stereocenters. The molecule has 0 saturated heterocycles. The van der Waals surface area contributed by atoms with Crippen molar-refractivity contribution < 1.29 is 21.4 Å². The smallest absolute Gasteiger partial charge is 0.264 e. The molecule has 138 valence electrons. The predicted octanol–water partition coefficient (Wildman–Crippen LogP) is 4.91. The molecule has 0 saturated carbocycles. The van der Waals surface area contributed by atoms with Crippen molar-refractivity contribution in [2.24, 2.45) is 0 Å². The van der Waals surface area contributed by atoms with Gasteiger partial charge in [0.2, 0.25) is 0 Å². The van der Waals surface area contributed by atoms with E-state index in [4.69, 9.17) is 20.2 Å². The van der Waals surface area contributed by atoms with Crippen molar-refractivity contribution in [2.45, 2.75) is 51.4 Å². The Bertz CT molecular complexity index is 671. The normalized spacial score (nSPS) is 14.7. The van der Waals surface area contributed by atoms with Crippen molar-refractivity contribution in [3.63, 3.8) is 0 Å². The maximum Gasteiger partial charge on any atom is 0.264 e. The Morgan fingerprint density at radius 1 is 1.29 bits per heavy atom. The summed E-state index contributed by atoms with van der Waals surface area (Å²) in [6, 6.07) is 4.51. The van der Waals surface area contributed by atoms with Crippen LogP contribution in [0.25, 0.3) is 0 Å². The molecule has 1 atom stereocenters. The number of benzene rings is 1. The Labute approximate surface area is 150 Å². The Kier molecular flexibility index (Phi) is 7.03. The van der Waals surface area contributed by atoms with Crippen LogP contribution in [0.15, 0.2) is 18.2 Å². The average molecular weight is 397 g/mol. The molecule has 0 aliphatic carbocycles. The quantitative estimate of drug-likeness (QED) is 0.485. The summed E-state index contributed by atoms with van der Waals surface area (Å²) in [6.45, 7) is 10.5. The highest BCUT2D eigenvalue weighted by atomic mass is 35.5. The first-order chi connectivity index (χ1) is 10.7. The van der Waals surface area contributed by atoms with Crippen molar-refractivity contribution in [3.8, 4) is 0 Å². The van der Waals surface area contributed by atoms with Crippen molar-refractivity contribution in [1.29, 1.82) is 0 Å². The van der Waals surface area contributed by atoms with Crippen molar-refractivity contribution in [1.82, 2.24) is 0 Å². The zero-order chi connectivity index (χ0) is 18.8. The van der Waals surface area contributed by atoms with Gasteiger partial charge in [-0.05, 0) is 35.8 Å². The third kappa shape index (κ3) is 6.44. The molecule has 1 aromatic carbocycles. The minimum absolute atomic E-state index is 0.0254. The molecule has 0 bridgehead atoms. The van der Waals surface area contributed by atoms with Crippen LogP contribution in [0.3, 0.4) is 0 Å². The van der Waals surface area contributed by atoms with Gasteiger partial charge < -0.3 is 4.43 Å². The van der Waals surface area contributed by atoms with E-state index in [0.29, 0.717) is 12.0 Å². The van der Waals surface area contributed by atoms with Crippen LogP contribution in [0.1, 0.15) is 38.9 Å². The van der Waals surface area contributed by atoms with Gasteiger partial charge in [0.05, 0.1) is 24.0 Å². The zero-order valence-electron chi connectivity index (χ0n) is 15.0. The van der Waals surface area contributed by atoms with Crippen LogP contribution in [0.2, 0.25) is 23.2 Å². The molecule has 0 aliphatic rings. The third-order valence-electron chi connectivity index (χ3n) is 4.24. The summed E-state index contributed by atoms with van der Waals surface area (Å²) in [7, 11) is -5.67. The zero-order valence-corrected chi connectivity index (χ0v) is 17.6. The first-order valence-corrected chi connectivity index (χ1v) is 12.8. The van der Waals surface area contributed by atoms with E-state index in [1.165, 1.54) is 12.1 Å². The molecule has 0 amide bonds. The molecule has 0 radical (unpaired) electrons. The van der Waals surface area contributed by atoms with Gasteiger partial charge in [0.25, 0.3) is 10.1 Å². The van der Waals surface area contributed by atoms with Gasteiger partial charge >= 0.3 is 0 Å². The molecule has 0 heterocycles. The lowest BCUT2D eigenvalue weighted by molar-refractivity contribution is 0.149. The second-order valence-electron chi connectivity index (χ2n) is 7.36. The highest BCUT2D eigenvalue weighted by Gasteiger charge is 2.39. The van der Waals surface area contributed by atoms with Crippen LogP contribution in [-0.4, -0.2) is 29.6 Å². The minimum atomic E-state index is -3.53. The second kappa shape index (κ2) is 7.82. The van der Waals surface area contributed by atoms with E-state index < -0.39 is 30.4 Å². The molecule has 0 aromatic heterocycles. The number of hydrogen-bond donors (Lipinski definition) is 0. The average Bonchev–Trinajstić information content (AvgIpc) is 2.38. The Morgan fingerprint density at radius 3 is 2.33 bits per heavy atom. The predicted molar refractivity (Wildman–Crippen MR) is 97.8 cm³/mol. The fourth-order valence-corrected chi connectivity index (χ4v) is 3.68. The summed E-state index contributed by atoms with van der Waals surface area (Å²) in [4.78, 5) is 0. The van der Waals surface area contributed by atoms with E-state index in [1.54, 1.807) is 6.07 Å². The second-order valence-corrected chi connectivity index (χ2v) is 14.2. The van der Waals surface area contributed by atoms with E-state index in [1.807, 2.05) is 0 Å². The van der Waals surface area contributed by atoms with Crippen LogP contribution < -0.4 is 0 Å². The van der Waals surface area contributed by atoms with E-state index in [-0.39, 0.29) is 16.7 Å². The number of halogens is 2. The fraction of sp³-hybridized carbons (Fsp3) is 0.625. The summed E-state index contributed by atoms with van der Waals surface area (Å²) >= 11 is 5.74. The molecular weight excluding hydrogens is 371 g/mol. The first kappa shape index (κ1) is 21.6. The Balaban J connectivity index is 3.04. The molecule has 1 aromatic rings. The molecule has 24 heavy (non-hydrogen) atoms. The summed E-state index contributed by atoms with van der Waals surface area (Å²) < 4.78 is 47.3. The van der Waals surface area contributed by atoms with Crippen LogP contribution in [-0.2, 0) is 18.7 Å². The SMILES string of the molecule is CC(C)(C)[Si](C)(C)O[C@@H](CCOS(C)(=O)=O)c1ccc(Cl)c(F)c1. The van der Waals surface area contributed by atoms with Gasteiger partial charge in [-0.25, -0.2) is 4.39 Å². The highest BCUT2D eigenvalue weighted by molar-refractivity contribution is 7.85. The van der Waals surface area contributed by atoms with E-state index in [2.05, 4.69) is 33.9 Å². The summed E-state index contributed by atoms with van der Waals surface area (Å²) in [5.74, 6) is -0.526. The largest absolute Gasteiger partial charge is 0.410 e. The lowest BCUT2D eigenvalue weighted by Crippen LogP contribution is -2.42. The summed E-state index contributed by atoms with van der Waals surface area (Å²) in [5, 5.41) is 0.00527. The van der Waals surface area contributed by atoms with Gasteiger partial charge in [0.1, 0.15) is 5.82 Å².